The van der Waals surface area contributed by atoms with Crippen molar-refractivity contribution in [2.75, 3.05) is 0 Å². The van der Waals surface area contributed by atoms with Gasteiger partial charge >= 0.3 is 0 Å². The van der Waals surface area contributed by atoms with Crippen LogP contribution < -0.4 is 10.7 Å². The third-order valence-electron chi connectivity index (χ3n) is 1.70. The third-order valence-corrected chi connectivity index (χ3v) is 1.70. The maximum atomic E-state index is 4.38. The van der Waals surface area contributed by atoms with Gasteiger partial charge in [-0.2, -0.15) is 0 Å². The number of rotatable bonds is 2. The molecule has 0 aliphatic carbocycles. The minimum atomic E-state index is 0.936. The Balaban J connectivity index is 3.37. The van der Waals surface area contributed by atoms with Crippen LogP contribution >= 0.6 is 0 Å². The average Bonchev–Trinajstić information content (AvgIpc) is 2.48. The molecule has 0 radical (unpaired) electrons. The van der Waals surface area contributed by atoms with Crippen LogP contribution in [0.25, 0.3) is 12.2 Å². The lowest BCUT2D eigenvalue weighted by atomic mass is 10.4. The number of aryl methyl sites for hydroxylation is 1. The number of nitrogens with one attached hydrogen (secondary N) is 1. The van der Waals surface area contributed by atoms with Gasteiger partial charge in [-0.15, -0.1) is 0 Å². The summed E-state index contributed by atoms with van der Waals surface area (Å²) in [5.41, 5.74) is 0. The van der Waals surface area contributed by atoms with Gasteiger partial charge in [-0.3, -0.25) is 0 Å². The number of aromatic nitrogens is 2. The standard InChI is InChI=1S/C10H14N2/c1-4-7-9-8(5-2)11-10(6-3)12-9/h4-5,7H,1,6H2,2-3H3,(H,11,12)/b8-5+,9-7+. The van der Waals surface area contributed by atoms with Crippen LogP contribution in [0.5, 0.6) is 0 Å². The number of hydrogen-bond acceptors (Lipinski definition) is 1. The number of aromatic amines is 1. The van der Waals surface area contributed by atoms with E-state index in [0.29, 0.717) is 0 Å². The van der Waals surface area contributed by atoms with E-state index in [-0.39, 0.29) is 0 Å². The Kier molecular flexibility index (Phi) is 2.86. The number of allylic oxidation sites excluding steroid dienone is 1. The lowest BCUT2D eigenvalue weighted by Gasteiger charge is -1.80. The third kappa shape index (κ3) is 1.64. The Morgan fingerprint density at radius 3 is 2.83 bits per heavy atom. The maximum Gasteiger partial charge on any atom is 0.106 e. The molecule has 0 spiro atoms. The first-order chi connectivity index (χ1) is 5.81. The highest BCUT2D eigenvalue weighted by atomic mass is 14.9. The Morgan fingerprint density at radius 1 is 1.58 bits per heavy atom. The monoisotopic (exact) mass is 162 g/mol. The van der Waals surface area contributed by atoms with Gasteiger partial charge in [0, 0.05) is 6.42 Å². The van der Waals surface area contributed by atoms with Crippen molar-refractivity contribution in [2.24, 2.45) is 0 Å². The summed E-state index contributed by atoms with van der Waals surface area (Å²) >= 11 is 0. The Morgan fingerprint density at radius 2 is 2.33 bits per heavy atom. The maximum absolute atomic E-state index is 4.38. The van der Waals surface area contributed by atoms with Crippen molar-refractivity contribution in [3.05, 3.63) is 29.2 Å². The Hall–Kier alpha value is -1.31. The first-order valence-corrected chi connectivity index (χ1v) is 4.15. The molecule has 1 N–H and O–H groups in total. The number of H-pyrrole nitrogens is 1. The quantitative estimate of drug-likeness (QED) is 0.682. The van der Waals surface area contributed by atoms with Crippen molar-refractivity contribution in [3.63, 3.8) is 0 Å². The molecule has 1 heterocycles. The van der Waals surface area contributed by atoms with Crippen LogP contribution in [-0.4, -0.2) is 9.97 Å². The highest BCUT2D eigenvalue weighted by Gasteiger charge is 1.92. The Bertz CT molecular complexity index is 371. The molecular weight excluding hydrogens is 148 g/mol. The summed E-state index contributed by atoms with van der Waals surface area (Å²) in [6, 6.07) is 0. The fourth-order valence-corrected chi connectivity index (χ4v) is 1.09. The van der Waals surface area contributed by atoms with E-state index in [1.165, 1.54) is 0 Å². The first-order valence-electron chi connectivity index (χ1n) is 4.15. The summed E-state index contributed by atoms with van der Waals surface area (Å²) in [6.07, 6.45) is 6.62. The summed E-state index contributed by atoms with van der Waals surface area (Å²) < 4.78 is 0. The van der Waals surface area contributed by atoms with E-state index in [0.717, 1.165) is 22.9 Å². The number of nitrogens with zero attached hydrogens (tertiary/aromatic N) is 1. The predicted molar refractivity (Wildman–Crippen MR) is 52.0 cm³/mol. The summed E-state index contributed by atoms with van der Waals surface area (Å²) in [5, 5.41) is 2.05. The molecule has 2 nitrogen and oxygen atoms in total. The van der Waals surface area contributed by atoms with Crippen molar-refractivity contribution < 1.29 is 0 Å². The van der Waals surface area contributed by atoms with Crippen molar-refractivity contribution >= 4 is 12.2 Å². The lowest BCUT2D eigenvalue weighted by molar-refractivity contribution is 0.981. The van der Waals surface area contributed by atoms with Crippen LogP contribution in [0.15, 0.2) is 12.7 Å². The lowest BCUT2D eigenvalue weighted by Crippen LogP contribution is -2.23. The van der Waals surface area contributed by atoms with E-state index in [1.807, 2.05) is 19.1 Å². The van der Waals surface area contributed by atoms with Crippen molar-refractivity contribution in [2.45, 2.75) is 20.3 Å². The molecule has 1 aromatic heterocycles. The topological polar surface area (TPSA) is 28.7 Å². The van der Waals surface area contributed by atoms with Gasteiger partial charge < -0.3 is 4.98 Å². The van der Waals surface area contributed by atoms with Gasteiger partial charge in [-0.05, 0) is 13.0 Å². The van der Waals surface area contributed by atoms with Crippen molar-refractivity contribution in [1.29, 1.82) is 0 Å². The molecule has 0 fully saturated rings. The molecule has 0 aliphatic rings. The largest absolute Gasteiger partial charge is 0.342 e. The smallest absolute Gasteiger partial charge is 0.106 e. The van der Waals surface area contributed by atoms with Crippen LogP contribution in [0.2, 0.25) is 0 Å². The van der Waals surface area contributed by atoms with Gasteiger partial charge in [0.2, 0.25) is 0 Å². The molecule has 12 heavy (non-hydrogen) atoms. The molecule has 0 aliphatic heterocycles. The number of imidazole rings is 1. The zero-order valence-corrected chi connectivity index (χ0v) is 7.59. The molecule has 0 saturated heterocycles. The minimum Gasteiger partial charge on any atom is -0.342 e. The molecule has 2 heteroatoms. The van der Waals surface area contributed by atoms with Crippen LogP contribution in [0, 0.1) is 0 Å². The van der Waals surface area contributed by atoms with E-state index in [4.69, 9.17) is 0 Å². The summed E-state index contributed by atoms with van der Waals surface area (Å²) in [7, 11) is 0. The molecule has 64 valence electrons. The SMILES string of the molecule is C=C/C=c1/[nH]c(CC)n/c1=C/C. The van der Waals surface area contributed by atoms with Crippen molar-refractivity contribution in [1.82, 2.24) is 9.97 Å². The van der Waals surface area contributed by atoms with E-state index < -0.39 is 0 Å². The van der Waals surface area contributed by atoms with Crippen LogP contribution in [-0.2, 0) is 6.42 Å². The highest BCUT2D eigenvalue weighted by molar-refractivity contribution is 5.34. The average molecular weight is 162 g/mol. The normalized spacial score (nSPS) is 13.8. The van der Waals surface area contributed by atoms with Crippen LogP contribution in [0.3, 0.4) is 0 Å². The second-order valence-corrected chi connectivity index (χ2v) is 2.53. The molecule has 0 bridgehead atoms. The zero-order valence-electron chi connectivity index (χ0n) is 7.59. The minimum absolute atomic E-state index is 0.936. The number of hydrogen-bond donors (Lipinski definition) is 1. The van der Waals surface area contributed by atoms with Gasteiger partial charge in [0.05, 0.1) is 10.7 Å². The predicted octanol–water partition coefficient (Wildman–Crippen LogP) is 0.739. The van der Waals surface area contributed by atoms with E-state index in [9.17, 15) is 0 Å². The van der Waals surface area contributed by atoms with E-state index in [1.54, 1.807) is 6.08 Å². The summed E-state index contributed by atoms with van der Waals surface area (Å²) in [6.45, 7) is 7.71. The van der Waals surface area contributed by atoms with Gasteiger partial charge in [0.25, 0.3) is 0 Å². The molecule has 0 atom stereocenters. The molecule has 1 rings (SSSR count). The van der Waals surface area contributed by atoms with Gasteiger partial charge in [-0.1, -0.05) is 25.7 Å². The Labute approximate surface area is 72.3 Å². The second kappa shape index (κ2) is 3.90. The van der Waals surface area contributed by atoms with Gasteiger partial charge in [0.15, 0.2) is 0 Å². The summed E-state index contributed by atoms with van der Waals surface area (Å²) in [5.74, 6) is 1.02. The van der Waals surface area contributed by atoms with E-state index >= 15 is 0 Å². The fraction of sp³-hybridized carbons (Fsp3) is 0.300. The fourth-order valence-electron chi connectivity index (χ4n) is 1.09. The molecular formula is C10H14N2. The van der Waals surface area contributed by atoms with Gasteiger partial charge in [0.1, 0.15) is 5.82 Å². The van der Waals surface area contributed by atoms with Crippen LogP contribution in [0.4, 0.5) is 0 Å². The first kappa shape index (κ1) is 8.78. The van der Waals surface area contributed by atoms with Crippen LogP contribution in [0.1, 0.15) is 19.7 Å². The highest BCUT2D eigenvalue weighted by Crippen LogP contribution is 1.80. The van der Waals surface area contributed by atoms with E-state index in [2.05, 4.69) is 23.5 Å². The summed E-state index contributed by atoms with van der Waals surface area (Å²) in [4.78, 5) is 7.59. The molecule has 0 aromatic carbocycles. The second-order valence-electron chi connectivity index (χ2n) is 2.53. The van der Waals surface area contributed by atoms with Crippen molar-refractivity contribution in [3.8, 4) is 0 Å². The molecule has 1 aromatic rings. The zero-order chi connectivity index (χ0) is 8.97. The van der Waals surface area contributed by atoms with Gasteiger partial charge in [-0.25, -0.2) is 4.98 Å². The molecule has 0 amide bonds. The molecule has 0 unspecified atom stereocenters. The molecule has 0 saturated carbocycles.